The summed E-state index contributed by atoms with van der Waals surface area (Å²) in [6, 6.07) is 8.25. The Kier molecular flexibility index (Phi) is 5.17. The highest BCUT2D eigenvalue weighted by molar-refractivity contribution is 7.99. The smallest absolute Gasteiger partial charge is 0.321 e. The summed E-state index contributed by atoms with van der Waals surface area (Å²) in [7, 11) is 4.18. The highest BCUT2D eigenvalue weighted by atomic mass is 32.2. The van der Waals surface area contributed by atoms with Gasteiger partial charge in [-0.1, -0.05) is 6.42 Å². The van der Waals surface area contributed by atoms with E-state index in [0.29, 0.717) is 5.41 Å². The van der Waals surface area contributed by atoms with Crippen LogP contribution in [0.3, 0.4) is 0 Å². The first-order valence-electron chi connectivity index (χ1n) is 8.50. The van der Waals surface area contributed by atoms with Crippen LogP contribution in [0.2, 0.25) is 0 Å². The number of hydrogen-bond donors (Lipinski definition) is 1. The minimum atomic E-state index is 0.0572. The fourth-order valence-electron chi connectivity index (χ4n) is 3.38. The number of carbonyl (C=O) groups is 1. The molecule has 23 heavy (non-hydrogen) atoms. The average Bonchev–Trinajstić information content (AvgIpc) is 2.94. The van der Waals surface area contributed by atoms with Crippen molar-refractivity contribution < 1.29 is 4.79 Å². The molecule has 1 saturated heterocycles. The SMILES string of the molecule is CN(C)CCSc1ccc(NC(=O)N2CCC3(CCC3)C2)cc1. The van der Waals surface area contributed by atoms with Gasteiger partial charge in [-0.15, -0.1) is 11.8 Å². The summed E-state index contributed by atoms with van der Waals surface area (Å²) in [4.78, 5) is 17.8. The van der Waals surface area contributed by atoms with E-state index in [1.54, 1.807) is 0 Å². The molecule has 1 aromatic rings. The highest BCUT2D eigenvalue weighted by Gasteiger charge is 2.44. The molecule has 1 saturated carbocycles. The van der Waals surface area contributed by atoms with Gasteiger partial charge in [0.15, 0.2) is 0 Å². The fourth-order valence-corrected chi connectivity index (χ4v) is 4.40. The number of rotatable bonds is 5. The van der Waals surface area contributed by atoms with E-state index in [0.717, 1.165) is 31.1 Å². The maximum atomic E-state index is 12.4. The second kappa shape index (κ2) is 7.14. The van der Waals surface area contributed by atoms with E-state index in [2.05, 4.69) is 36.4 Å². The van der Waals surface area contributed by atoms with Gasteiger partial charge in [-0.2, -0.15) is 0 Å². The van der Waals surface area contributed by atoms with Crippen LogP contribution in [0.5, 0.6) is 0 Å². The topological polar surface area (TPSA) is 35.6 Å². The molecule has 1 spiro atoms. The van der Waals surface area contributed by atoms with Gasteiger partial charge in [0.1, 0.15) is 0 Å². The van der Waals surface area contributed by atoms with Gasteiger partial charge >= 0.3 is 6.03 Å². The van der Waals surface area contributed by atoms with Gasteiger partial charge in [0.05, 0.1) is 0 Å². The monoisotopic (exact) mass is 333 g/mol. The van der Waals surface area contributed by atoms with E-state index >= 15 is 0 Å². The molecular formula is C18H27N3OS. The predicted octanol–water partition coefficient (Wildman–Crippen LogP) is 3.75. The molecule has 1 heterocycles. The number of amides is 2. The van der Waals surface area contributed by atoms with Crippen LogP contribution in [-0.2, 0) is 0 Å². The molecule has 3 rings (SSSR count). The maximum absolute atomic E-state index is 12.4. The number of benzene rings is 1. The zero-order chi connectivity index (χ0) is 16.3. The minimum absolute atomic E-state index is 0.0572. The van der Waals surface area contributed by atoms with E-state index in [1.807, 2.05) is 28.8 Å². The predicted molar refractivity (Wildman–Crippen MR) is 97.2 cm³/mol. The molecule has 0 unspecified atom stereocenters. The van der Waals surface area contributed by atoms with Crippen molar-refractivity contribution in [2.24, 2.45) is 5.41 Å². The molecule has 0 bridgehead atoms. The molecule has 2 aliphatic rings. The van der Waals surface area contributed by atoms with Crippen LogP contribution in [0.4, 0.5) is 10.5 Å². The van der Waals surface area contributed by atoms with Gasteiger partial charge in [0, 0.05) is 36.0 Å². The molecule has 0 atom stereocenters. The third-order valence-electron chi connectivity index (χ3n) is 5.05. The second-order valence-electron chi connectivity index (χ2n) is 7.13. The molecule has 5 heteroatoms. The minimum Gasteiger partial charge on any atom is -0.324 e. The van der Waals surface area contributed by atoms with Gasteiger partial charge in [0.2, 0.25) is 0 Å². The number of likely N-dealkylation sites (tertiary alicyclic amines) is 1. The van der Waals surface area contributed by atoms with Crippen LogP contribution in [0.1, 0.15) is 25.7 Å². The van der Waals surface area contributed by atoms with Crippen LogP contribution < -0.4 is 5.32 Å². The number of anilines is 1. The van der Waals surface area contributed by atoms with Crippen LogP contribution >= 0.6 is 11.8 Å². The fraction of sp³-hybridized carbons (Fsp3) is 0.611. The van der Waals surface area contributed by atoms with E-state index in [9.17, 15) is 4.79 Å². The number of carbonyl (C=O) groups excluding carboxylic acids is 1. The average molecular weight is 334 g/mol. The van der Waals surface area contributed by atoms with Crippen LogP contribution in [-0.4, -0.2) is 55.3 Å². The Labute approximate surface area is 143 Å². The Morgan fingerprint density at radius 1 is 1.26 bits per heavy atom. The summed E-state index contributed by atoms with van der Waals surface area (Å²) in [5, 5.41) is 3.04. The lowest BCUT2D eigenvalue weighted by atomic mass is 9.68. The lowest BCUT2D eigenvalue weighted by Gasteiger charge is -2.37. The summed E-state index contributed by atoms with van der Waals surface area (Å²) in [6.45, 7) is 2.92. The standard InChI is InChI=1S/C18H27N3OS/c1-20(2)12-13-23-16-6-4-15(5-7-16)19-17(22)21-11-10-18(14-21)8-3-9-18/h4-7H,3,8-14H2,1-2H3,(H,19,22). The first kappa shape index (κ1) is 16.7. The zero-order valence-electron chi connectivity index (χ0n) is 14.2. The molecule has 1 aliphatic heterocycles. The van der Waals surface area contributed by atoms with Crippen LogP contribution in [0.15, 0.2) is 29.2 Å². The van der Waals surface area contributed by atoms with E-state index in [1.165, 1.54) is 30.6 Å². The Hall–Kier alpha value is -1.20. The lowest BCUT2D eigenvalue weighted by Crippen LogP contribution is -2.37. The highest BCUT2D eigenvalue weighted by Crippen LogP contribution is 2.47. The second-order valence-corrected chi connectivity index (χ2v) is 8.30. The van der Waals surface area contributed by atoms with Gasteiger partial charge in [0.25, 0.3) is 0 Å². The molecule has 0 radical (unpaired) electrons. The molecule has 1 aliphatic carbocycles. The van der Waals surface area contributed by atoms with E-state index in [4.69, 9.17) is 0 Å². The summed E-state index contributed by atoms with van der Waals surface area (Å²) in [6.07, 6.45) is 5.12. The summed E-state index contributed by atoms with van der Waals surface area (Å²) in [5.41, 5.74) is 1.35. The first-order valence-corrected chi connectivity index (χ1v) is 9.48. The molecule has 4 nitrogen and oxygen atoms in total. The number of hydrogen-bond acceptors (Lipinski definition) is 3. The number of nitrogens with zero attached hydrogens (tertiary/aromatic N) is 2. The van der Waals surface area contributed by atoms with Crippen molar-refractivity contribution in [2.45, 2.75) is 30.6 Å². The summed E-state index contributed by atoms with van der Waals surface area (Å²) in [5.74, 6) is 1.08. The van der Waals surface area contributed by atoms with Crippen molar-refractivity contribution in [3.8, 4) is 0 Å². The molecule has 0 aromatic heterocycles. The molecular weight excluding hydrogens is 306 g/mol. The van der Waals surface area contributed by atoms with Gasteiger partial charge in [-0.25, -0.2) is 4.79 Å². The maximum Gasteiger partial charge on any atom is 0.321 e. The van der Waals surface area contributed by atoms with Crippen molar-refractivity contribution in [1.82, 2.24) is 9.80 Å². The molecule has 2 amide bonds. The lowest BCUT2D eigenvalue weighted by molar-refractivity contribution is 0.144. The number of nitrogens with one attached hydrogen (secondary N) is 1. The molecule has 1 N–H and O–H groups in total. The third-order valence-corrected chi connectivity index (χ3v) is 6.04. The van der Waals surface area contributed by atoms with Gasteiger partial charge < -0.3 is 15.1 Å². The third kappa shape index (κ3) is 4.21. The number of urea groups is 1. The number of thioether (sulfide) groups is 1. The Bertz CT molecular complexity index is 540. The van der Waals surface area contributed by atoms with Crippen LogP contribution in [0.25, 0.3) is 0 Å². The first-order chi connectivity index (χ1) is 11.1. The quantitative estimate of drug-likeness (QED) is 0.834. The van der Waals surface area contributed by atoms with Crippen molar-refractivity contribution in [1.29, 1.82) is 0 Å². The summed E-state index contributed by atoms with van der Waals surface area (Å²) >= 11 is 1.85. The van der Waals surface area contributed by atoms with Crippen molar-refractivity contribution in [3.63, 3.8) is 0 Å². The van der Waals surface area contributed by atoms with Crippen molar-refractivity contribution in [2.75, 3.05) is 44.8 Å². The molecule has 126 valence electrons. The molecule has 2 fully saturated rings. The molecule has 1 aromatic carbocycles. The summed E-state index contributed by atoms with van der Waals surface area (Å²) < 4.78 is 0. The Balaban J connectivity index is 1.47. The van der Waals surface area contributed by atoms with Crippen LogP contribution in [0, 0.1) is 5.41 Å². The zero-order valence-corrected chi connectivity index (χ0v) is 15.0. The van der Waals surface area contributed by atoms with Gasteiger partial charge in [-0.05, 0) is 63.0 Å². The Morgan fingerprint density at radius 2 is 2.00 bits per heavy atom. The normalized spacial score (nSPS) is 19.2. The Morgan fingerprint density at radius 3 is 2.57 bits per heavy atom. The van der Waals surface area contributed by atoms with Crippen molar-refractivity contribution >= 4 is 23.5 Å². The van der Waals surface area contributed by atoms with E-state index in [-0.39, 0.29) is 6.03 Å². The van der Waals surface area contributed by atoms with E-state index < -0.39 is 0 Å². The van der Waals surface area contributed by atoms with Crippen molar-refractivity contribution in [3.05, 3.63) is 24.3 Å². The largest absolute Gasteiger partial charge is 0.324 e. The van der Waals surface area contributed by atoms with Gasteiger partial charge in [-0.3, -0.25) is 0 Å².